The van der Waals surface area contributed by atoms with E-state index in [1.165, 1.54) is 7.11 Å². The van der Waals surface area contributed by atoms with Gasteiger partial charge in [0.05, 0.1) is 19.6 Å². The molecule has 0 aromatic rings. The third-order valence-corrected chi connectivity index (χ3v) is 4.53. The molecule has 0 bridgehead atoms. The van der Waals surface area contributed by atoms with Crippen LogP contribution in [0.2, 0.25) is 0 Å². The molecule has 0 aromatic carbocycles. The monoisotopic (exact) mass is 298 g/mol. The summed E-state index contributed by atoms with van der Waals surface area (Å²) in [6, 6.07) is -0.109. The Kier molecular flexibility index (Phi) is 6.65. The molecule has 0 saturated carbocycles. The summed E-state index contributed by atoms with van der Waals surface area (Å²) in [5.74, 6) is -0.160. The number of hydrogen-bond acceptors (Lipinski definition) is 4. The van der Waals surface area contributed by atoms with Gasteiger partial charge in [0.2, 0.25) is 5.91 Å². The fourth-order valence-electron chi connectivity index (χ4n) is 2.70. The number of likely N-dealkylation sites (tertiary alicyclic amines) is 1. The Labute approximate surface area is 128 Å². The summed E-state index contributed by atoms with van der Waals surface area (Å²) in [4.78, 5) is 26.1. The number of hydrogen-bond donors (Lipinski definition) is 1. The topological polar surface area (TPSA) is 58.6 Å². The van der Waals surface area contributed by atoms with Crippen molar-refractivity contribution in [2.24, 2.45) is 0 Å². The van der Waals surface area contributed by atoms with E-state index in [-0.39, 0.29) is 29.5 Å². The highest BCUT2D eigenvalue weighted by Gasteiger charge is 2.33. The number of carbonyl (C=O) groups excluding carboxylic acids is 2. The highest BCUT2D eigenvalue weighted by atomic mass is 16.5. The molecule has 0 radical (unpaired) electrons. The number of amides is 1. The summed E-state index contributed by atoms with van der Waals surface area (Å²) in [5.41, 5.74) is -0.195. The predicted molar refractivity (Wildman–Crippen MR) is 83.0 cm³/mol. The Morgan fingerprint density at radius 3 is 2.62 bits per heavy atom. The van der Waals surface area contributed by atoms with E-state index in [0.29, 0.717) is 6.42 Å². The molecule has 1 saturated heterocycles. The quantitative estimate of drug-likeness (QED) is 0.763. The van der Waals surface area contributed by atoms with Crippen LogP contribution in [0.25, 0.3) is 0 Å². The first-order valence-electron chi connectivity index (χ1n) is 7.95. The van der Waals surface area contributed by atoms with Crippen LogP contribution in [0.3, 0.4) is 0 Å². The molecule has 1 aliphatic rings. The van der Waals surface area contributed by atoms with E-state index in [4.69, 9.17) is 4.74 Å². The fourth-order valence-corrected chi connectivity index (χ4v) is 2.70. The van der Waals surface area contributed by atoms with Crippen molar-refractivity contribution in [3.8, 4) is 0 Å². The third-order valence-electron chi connectivity index (χ3n) is 4.53. The second-order valence-electron chi connectivity index (χ2n) is 6.57. The first-order valence-corrected chi connectivity index (χ1v) is 7.95. The Morgan fingerprint density at radius 1 is 1.38 bits per heavy atom. The molecule has 1 aliphatic heterocycles. The molecule has 0 spiro atoms. The summed E-state index contributed by atoms with van der Waals surface area (Å²) >= 11 is 0. The molecule has 21 heavy (non-hydrogen) atoms. The van der Waals surface area contributed by atoms with Crippen molar-refractivity contribution < 1.29 is 14.3 Å². The van der Waals surface area contributed by atoms with Gasteiger partial charge in [0, 0.05) is 11.6 Å². The third kappa shape index (κ3) is 5.30. The summed E-state index contributed by atoms with van der Waals surface area (Å²) in [7, 11) is 1.41. The standard InChI is InChI=1S/C16H30N2O3/c1-6-16(3,4)17-15(20)12(2)18-10-8-7-9-13(18)11-14(19)21-5/h12-13H,6-11H2,1-5H3,(H,17,20). The van der Waals surface area contributed by atoms with E-state index in [9.17, 15) is 9.59 Å². The van der Waals surface area contributed by atoms with Crippen LogP contribution in [0.1, 0.15) is 59.8 Å². The van der Waals surface area contributed by atoms with E-state index in [0.717, 1.165) is 32.2 Å². The average Bonchev–Trinajstić information content (AvgIpc) is 2.46. The minimum Gasteiger partial charge on any atom is -0.469 e. The number of nitrogens with zero attached hydrogens (tertiary/aromatic N) is 1. The normalized spacial score (nSPS) is 21.7. The molecule has 5 heteroatoms. The van der Waals surface area contributed by atoms with E-state index < -0.39 is 0 Å². The van der Waals surface area contributed by atoms with Crippen LogP contribution >= 0.6 is 0 Å². The van der Waals surface area contributed by atoms with E-state index in [1.807, 2.05) is 20.8 Å². The second-order valence-corrected chi connectivity index (χ2v) is 6.57. The molecular weight excluding hydrogens is 268 g/mol. The van der Waals surface area contributed by atoms with Gasteiger partial charge in [-0.15, -0.1) is 0 Å². The van der Waals surface area contributed by atoms with Gasteiger partial charge in [-0.2, -0.15) is 0 Å². The molecule has 2 unspecified atom stereocenters. The fraction of sp³-hybridized carbons (Fsp3) is 0.875. The van der Waals surface area contributed by atoms with Crippen molar-refractivity contribution in [2.45, 2.75) is 77.4 Å². The molecule has 0 aliphatic carbocycles. The lowest BCUT2D eigenvalue weighted by Gasteiger charge is -2.39. The van der Waals surface area contributed by atoms with Crippen molar-refractivity contribution in [1.82, 2.24) is 10.2 Å². The van der Waals surface area contributed by atoms with Gasteiger partial charge in [-0.3, -0.25) is 14.5 Å². The summed E-state index contributed by atoms with van der Waals surface area (Å²) < 4.78 is 4.77. The highest BCUT2D eigenvalue weighted by molar-refractivity contribution is 5.82. The lowest BCUT2D eigenvalue weighted by Crippen LogP contribution is -2.55. The van der Waals surface area contributed by atoms with Crippen LogP contribution in [-0.2, 0) is 14.3 Å². The maximum absolute atomic E-state index is 12.4. The molecule has 0 aromatic heterocycles. The van der Waals surface area contributed by atoms with Gasteiger partial charge in [-0.05, 0) is 46.6 Å². The molecule has 2 atom stereocenters. The zero-order valence-electron chi connectivity index (χ0n) is 14.1. The van der Waals surface area contributed by atoms with Gasteiger partial charge in [-0.25, -0.2) is 0 Å². The van der Waals surface area contributed by atoms with Crippen LogP contribution in [0.5, 0.6) is 0 Å². The van der Waals surface area contributed by atoms with E-state index >= 15 is 0 Å². The lowest BCUT2D eigenvalue weighted by atomic mass is 9.96. The minimum atomic E-state index is -0.217. The molecule has 1 rings (SSSR count). The Bertz CT molecular complexity index is 369. The zero-order chi connectivity index (χ0) is 16.0. The summed E-state index contributed by atoms with van der Waals surface area (Å²) in [6.07, 6.45) is 4.38. The number of esters is 1. The first kappa shape index (κ1) is 18.0. The van der Waals surface area contributed by atoms with E-state index in [1.54, 1.807) is 0 Å². The van der Waals surface area contributed by atoms with Crippen molar-refractivity contribution >= 4 is 11.9 Å². The minimum absolute atomic E-state index is 0.0404. The van der Waals surface area contributed by atoms with Crippen LogP contribution in [0.4, 0.5) is 0 Å². The molecule has 1 heterocycles. The van der Waals surface area contributed by atoms with Crippen molar-refractivity contribution in [2.75, 3.05) is 13.7 Å². The largest absolute Gasteiger partial charge is 0.469 e. The Balaban J connectivity index is 2.69. The molecule has 1 amide bonds. The first-order chi connectivity index (χ1) is 9.80. The van der Waals surface area contributed by atoms with Gasteiger partial charge in [0.25, 0.3) is 0 Å². The number of rotatable bonds is 6. The number of carbonyl (C=O) groups is 2. The van der Waals surface area contributed by atoms with Crippen LogP contribution in [-0.4, -0.2) is 48.1 Å². The van der Waals surface area contributed by atoms with Crippen molar-refractivity contribution in [3.05, 3.63) is 0 Å². The number of nitrogens with one attached hydrogen (secondary N) is 1. The molecule has 1 N–H and O–H groups in total. The van der Waals surface area contributed by atoms with E-state index in [2.05, 4.69) is 17.1 Å². The maximum Gasteiger partial charge on any atom is 0.307 e. The lowest BCUT2D eigenvalue weighted by molar-refractivity contribution is -0.144. The number of ether oxygens (including phenoxy) is 1. The molecular formula is C16H30N2O3. The maximum atomic E-state index is 12.4. The zero-order valence-corrected chi connectivity index (χ0v) is 14.1. The van der Waals surface area contributed by atoms with Crippen LogP contribution in [0.15, 0.2) is 0 Å². The second kappa shape index (κ2) is 7.78. The van der Waals surface area contributed by atoms with Crippen molar-refractivity contribution in [3.63, 3.8) is 0 Å². The van der Waals surface area contributed by atoms with Crippen molar-refractivity contribution in [1.29, 1.82) is 0 Å². The average molecular weight is 298 g/mol. The Morgan fingerprint density at radius 2 is 2.05 bits per heavy atom. The van der Waals surface area contributed by atoms with Gasteiger partial charge < -0.3 is 10.1 Å². The number of piperidine rings is 1. The van der Waals surface area contributed by atoms with Crippen LogP contribution < -0.4 is 5.32 Å². The predicted octanol–water partition coefficient (Wildman–Crippen LogP) is 2.10. The SMILES string of the molecule is CCC(C)(C)NC(=O)C(C)N1CCCCC1CC(=O)OC. The van der Waals surface area contributed by atoms with Gasteiger partial charge in [0.1, 0.15) is 0 Å². The van der Waals surface area contributed by atoms with Gasteiger partial charge in [0.15, 0.2) is 0 Å². The molecule has 1 fully saturated rings. The summed E-state index contributed by atoms with van der Waals surface area (Å²) in [5, 5.41) is 3.09. The van der Waals surface area contributed by atoms with Gasteiger partial charge in [-0.1, -0.05) is 13.3 Å². The Hall–Kier alpha value is -1.10. The molecule has 5 nitrogen and oxygen atoms in total. The van der Waals surface area contributed by atoms with Crippen LogP contribution in [0, 0.1) is 0 Å². The highest BCUT2D eigenvalue weighted by Crippen LogP contribution is 2.23. The summed E-state index contributed by atoms with van der Waals surface area (Å²) in [6.45, 7) is 8.91. The molecule has 122 valence electrons. The smallest absolute Gasteiger partial charge is 0.307 e. The van der Waals surface area contributed by atoms with Gasteiger partial charge >= 0.3 is 5.97 Å². The number of methoxy groups -OCH3 is 1.